The van der Waals surface area contributed by atoms with Gasteiger partial charge in [-0.3, -0.25) is 0 Å². The molecule has 0 spiro atoms. The van der Waals surface area contributed by atoms with Crippen LogP contribution in [0.5, 0.6) is 0 Å². The second-order valence-corrected chi connectivity index (χ2v) is 18.2. The summed E-state index contributed by atoms with van der Waals surface area (Å²) in [7, 11) is -1.39. The van der Waals surface area contributed by atoms with Crippen molar-refractivity contribution in [1.82, 2.24) is 0 Å². The summed E-state index contributed by atoms with van der Waals surface area (Å²) in [6.07, 6.45) is 7.48. The van der Waals surface area contributed by atoms with Gasteiger partial charge in [0.2, 0.25) is 0 Å². The first-order valence-electron chi connectivity index (χ1n) is 17.6. The van der Waals surface area contributed by atoms with E-state index in [1.807, 2.05) is 48.5 Å². The first kappa shape index (κ1) is 36.4. The Morgan fingerprint density at radius 2 is 0.963 bits per heavy atom. The fourth-order valence-corrected chi connectivity index (χ4v) is 12.5. The van der Waals surface area contributed by atoms with Crippen molar-refractivity contribution in [2.45, 2.75) is 0 Å². The molecule has 6 heteroatoms. The van der Waals surface area contributed by atoms with E-state index in [1.54, 1.807) is 12.1 Å². The van der Waals surface area contributed by atoms with E-state index in [-0.39, 0.29) is 0 Å². The number of rotatable bonds is 4. The minimum absolute atomic E-state index is 0.390. The predicted octanol–water partition coefficient (Wildman–Crippen LogP) is 10.9. The van der Waals surface area contributed by atoms with Crippen LogP contribution in [0.25, 0.3) is 72.0 Å². The molecule has 2 nitrogen and oxygen atoms in total. The summed E-state index contributed by atoms with van der Waals surface area (Å²) < 4.78 is 7.31. The fraction of sp³-hybridized carbons (Fsp3) is 0. The molecule has 54 heavy (non-hydrogen) atoms. The van der Waals surface area contributed by atoms with Crippen molar-refractivity contribution in [2.24, 2.45) is 0 Å². The SMILES string of the molecule is IC1=[C+]C=Cc2c1[se]c1ccccc21.OB(O)c1ccc(-c2ccccc2)cc1.c1ccc(-c2ccc(-c3cccc4c3[se]c3ccccc34)cc2)cc1. The zero-order valence-electron chi connectivity index (χ0n) is 29.1. The van der Waals surface area contributed by atoms with E-state index in [1.165, 1.54) is 64.8 Å². The van der Waals surface area contributed by atoms with E-state index in [4.69, 9.17) is 10.0 Å². The molecule has 9 aromatic rings. The number of fused-ring (bicyclic) bond motifs is 6. The molecule has 0 unspecified atom stereocenters. The third kappa shape index (κ3) is 7.94. The molecule has 0 fully saturated rings. The molecule has 1 aliphatic carbocycles. The van der Waals surface area contributed by atoms with Gasteiger partial charge in [-0.1, -0.05) is 54.6 Å². The number of hydrogen-bond acceptors (Lipinski definition) is 2. The van der Waals surface area contributed by atoms with Crippen molar-refractivity contribution in [1.29, 1.82) is 0 Å². The molecule has 10 rings (SSSR count). The second-order valence-electron chi connectivity index (χ2n) is 12.7. The molecule has 0 saturated heterocycles. The first-order chi connectivity index (χ1) is 26.5. The van der Waals surface area contributed by atoms with Gasteiger partial charge in [0.25, 0.3) is 0 Å². The van der Waals surface area contributed by atoms with Gasteiger partial charge < -0.3 is 10.0 Å². The van der Waals surface area contributed by atoms with Crippen LogP contribution in [0.3, 0.4) is 0 Å². The molecular formula is C48H33BIO2Se2+. The quantitative estimate of drug-likeness (QED) is 0.105. The van der Waals surface area contributed by atoms with Gasteiger partial charge in [0.1, 0.15) is 0 Å². The molecule has 0 aliphatic heterocycles. The summed E-state index contributed by atoms with van der Waals surface area (Å²) in [6.45, 7) is 0. The van der Waals surface area contributed by atoms with Crippen molar-refractivity contribution in [3.8, 4) is 33.4 Å². The predicted molar refractivity (Wildman–Crippen MR) is 242 cm³/mol. The average molecular weight is 937 g/mol. The van der Waals surface area contributed by atoms with Crippen LogP contribution in [0.2, 0.25) is 0 Å². The second kappa shape index (κ2) is 16.8. The van der Waals surface area contributed by atoms with E-state index in [9.17, 15) is 0 Å². The number of benzene rings is 7. The number of hydrogen-bond donors (Lipinski definition) is 2. The molecule has 2 heterocycles. The van der Waals surface area contributed by atoms with Gasteiger partial charge in [-0.05, 0) is 16.6 Å². The van der Waals surface area contributed by atoms with E-state index >= 15 is 0 Å². The topological polar surface area (TPSA) is 40.5 Å². The summed E-state index contributed by atoms with van der Waals surface area (Å²) in [6, 6.07) is 61.0. The molecule has 7 aromatic carbocycles. The van der Waals surface area contributed by atoms with E-state index in [2.05, 4.69) is 156 Å². The van der Waals surface area contributed by atoms with Gasteiger partial charge in [0.15, 0.2) is 0 Å². The van der Waals surface area contributed by atoms with Crippen LogP contribution >= 0.6 is 22.6 Å². The van der Waals surface area contributed by atoms with E-state index in [0.717, 1.165) is 11.1 Å². The molecule has 0 bridgehead atoms. The molecular weight excluding hydrogens is 904 g/mol. The van der Waals surface area contributed by atoms with Gasteiger partial charge in [-0.25, -0.2) is 0 Å². The van der Waals surface area contributed by atoms with Crippen molar-refractivity contribution >= 4 is 103 Å². The van der Waals surface area contributed by atoms with Crippen molar-refractivity contribution in [3.63, 3.8) is 0 Å². The average Bonchev–Trinajstić information content (AvgIpc) is 3.82. The number of allylic oxidation sites excluding steroid dienone is 2. The van der Waals surface area contributed by atoms with Crippen molar-refractivity contribution in [2.75, 3.05) is 0 Å². The molecule has 1 aliphatic rings. The Kier molecular flexibility index (Phi) is 11.4. The Balaban J connectivity index is 0.000000123. The van der Waals surface area contributed by atoms with Crippen molar-refractivity contribution < 1.29 is 10.0 Å². The monoisotopic (exact) mass is 939 g/mol. The molecule has 2 aromatic heterocycles. The maximum absolute atomic E-state index is 8.94. The summed E-state index contributed by atoms with van der Waals surface area (Å²) in [5, 5.41) is 22.1. The Labute approximate surface area is 341 Å². The van der Waals surface area contributed by atoms with Gasteiger partial charge in [-0.15, -0.1) is 0 Å². The standard InChI is InChI=1S/C24H16Se.C12H11BO2.C12H6ISe/c1-2-7-17(8-3-1)18-13-15-19(16-14-18)20-10-6-11-22-21-9-4-5-12-23(21)25-24(20)22;14-13(15)12-8-6-11(7-9-12)10-4-2-1-3-5-10;13-10-6-3-5-9-8-4-1-2-7-11(8)14-12(9)10/h1-16H;1-9,14-15H;1-5,7H/q;;+1. The van der Waals surface area contributed by atoms with Crippen molar-refractivity contribution in [3.05, 3.63) is 198 Å². The molecule has 0 saturated carbocycles. The Morgan fingerprint density at radius 3 is 1.59 bits per heavy atom. The van der Waals surface area contributed by atoms with Gasteiger partial charge in [0.05, 0.1) is 0 Å². The maximum atomic E-state index is 8.94. The molecule has 0 atom stereocenters. The normalized spacial score (nSPS) is 11.5. The Hall–Kier alpha value is -4.58. The van der Waals surface area contributed by atoms with Gasteiger partial charge in [-0.2, -0.15) is 0 Å². The van der Waals surface area contributed by atoms with Crippen LogP contribution in [0.15, 0.2) is 182 Å². The molecule has 0 amide bonds. The Morgan fingerprint density at radius 1 is 0.463 bits per heavy atom. The first-order valence-corrected chi connectivity index (χ1v) is 22.1. The van der Waals surface area contributed by atoms with Crippen LogP contribution in [0, 0.1) is 6.08 Å². The van der Waals surface area contributed by atoms with Gasteiger partial charge >= 0.3 is 263 Å². The van der Waals surface area contributed by atoms with Gasteiger partial charge in [0, 0.05) is 0 Å². The number of halogens is 1. The van der Waals surface area contributed by atoms with Crippen LogP contribution in [-0.2, 0) is 0 Å². The summed E-state index contributed by atoms with van der Waals surface area (Å²) in [5.41, 5.74) is 9.35. The van der Waals surface area contributed by atoms with E-state index in [0.29, 0.717) is 34.5 Å². The Bertz CT molecular complexity index is 2730. The minimum atomic E-state index is -1.39. The van der Waals surface area contributed by atoms with Crippen LogP contribution in [0.1, 0.15) is 10.0 Å². The third-order valence-electron chi connectivity index (χ3n) is 9.32. The van der Waals surface area contributed by atoms with Crippen LogP contribution in [0.4, 0.5) is 0 Å². The molecule has 2 N–H and O–H groups in total. The molecule has 258 valence electrons. The zero-order valence-corrected chi connectivity index (χ0v) is 34.6. The third-order valence-corrected chi connectivity index (χ3v) is 16.1. The fourth-order valence-electron chi connectivity index (χ4n) is 6.58. The molecule has 0 radical (unpaired) electrons. The van der Waals surface area contributed by atoms with Crippen LogP contribution in [-0.4, -0.2) is 46.2 Å². The zero-order chi connectivity index (χ0) is 36.9. The summed E-state index contributed by atoms with van der Waals surface area (Å²) in [4.78, 5) is 0. The summed E-state index contributed by atoms with van der Waals surface area (Å²) >= 11 is 3.26. The van der Waals surface area contributed by atoms with E-state index < -0.39 is 7.12 Å². The summed E-state index contributed by atoms with van der Waals surface area (Å²) in [5.74, 6) is 0. The van der Waals surface area contributed by atoms with Crippen LogP contribution < -0.4 is 5.46 Å².